The average molecular weight is 469 g/mol. The molecule has 0 aromatic carbocycles. The molecule has 0 unspecified atom stereocenters. The lowest BCUT2D eigenvalue weighted by Crippen LogP contribution is -2.49. The highest BCUT2D eigenvalue weighted by Crippen LogP contribution is 2.60. The Kier molecular flexibility index (Phi) is 6.33. The molecule has 6 heteroatoms. The molecule has 34 heavy (non-hydrogen) atoms. The first-order valence-corrected chi connectivity index (χ1v) is 13.6. The first-order chi connectivity index (χ1) is 16.1. The number of carbonyl (C=O) groups excluding carboxylic acids is 2. The lowest BCUT2D eigenvalue weighted by atomic mass is 9.48. The normalized spacial score (nSPS) is 34.8. The molecule has 5 saturated carbocycles. The molecule has 0 saturated heterocycles. The molecule has 2 amide bonds. The number of nitrogens with one attached hydrogen (secondary N) is 3. The summed E-state index contributed by atoms with van der Waals surface area (Å²) in [6.45, 7) is 6.63. The van der Waals surface area contributed by atoms with Crippen LogP contribution in [-0.2, 0) is 17.3 Å². The maximum absolute atomic E-state index is 13.0. The zero-order chi connectivity index (χ0) is 24.1. The van der Waals surface area contributed by atoms with E-state index in [1.165, 1.54) is 44.1 Å². The van der Waals surface area contributed by atoms with Gasteiger partial charge in [0.05, 0.1) is 6.54 Å². The average Bonchev–Trinajstić information content (AvgIpc) is 3.14. The third-order valence-corrected chi connectivity index (χ3v) is 9.03. The Balaban J connectivity index is 1.12. The van der Waals surface area contributed by atoms with Crippen LogP contribution in [0.15, 0.2) is 12.3 Å². The monoisotopic (exact) mass is 468 g/mol. The van der Waals surface area contributed by atoms with Crippen molar-refractivity contribution in [1.29, 1.82) is 0 Å². The van der Waals surface area contributed by atoms with Crippen LogP contribution in [0.2, 0.25) is 0 Å². The Bertz CT molecular complexity index is 884. The molecule has 1 aromatic heterocycles. The molecular formula is C28H44N4O2. The van der Waals surface area contributed by atoms with Crippen LogP contribution in [0.25, 0.3) is 0 Å². The lowest BCUT2D eigenvalue weighted by Gasteiger charge is -2.56. The Morgan fingerprint density at radius 3 is 2.09 bits per heavy atom. The Labute approximate surface area is 205 Å². The van der Waals surface area contributed by atoms with Gasteiger partial charge in [0.2, 0.25) is 5.91 Å². The summed E-state index contributed by atoms with van der Waals surface area (Å²) in [7, 11) is 1.96. The number of rotatable bonds is 6. The van der Waals surface area contributed by atoms with Crippen LogP contribution in [0.3, 0.4) is 0 Å². The molecular weight excluding hydrogens is 424 g/mol. The predicted octanol–water partition coefficient (Wildman–Crippen LogP) is 4.04. The Morgan fingerprint density at radius 1 is 0.971 bits per heavy atom. The van der Waals surface area contributed by atoms with Crippen molar-refractivity contribution < 1.29 is 9.59 Å². The molecule has 188 valence electrons. The number of hydrogen-bond acceptors (Lipinski definition) is 3. The van der Waals surface area contributed by atoms with Crippen molar-refractivity contribution in [3.05, 3.63) is 23.5 Å². The maximum atomic E-state index is 13.0. The van der Waals surface area contributed by atoms with Crippen molar-refractivity contribution in [3.63, 3.8) is 0 Å². The number of carbonyl (C=O) groups is 2. The molecule has 6 rings (SSSR count). The van der Waals surface area contributed by atoms with E-state index in [9.17, 15) is 9.59 Å². The molecule has 5 aliphatic carbocycles. The summed E-state index contributed by atoms with van der Waals surface area (Å²) in [6, 6.07) is 2.85. The van der Waals surface area contributed by atoms with Crippen molar-refractivity contribution in [1.82, 2.24) is 20.5 Å². The van der Waals surface area contributed by atoms with Crippen LogP contribution in [0, 0.1) is 17.8 Å². The van der Waals surface area contributed by atoms with E-state index >= 15 is 0 Å². The summed E-state index contributed by atoms with van der Waals surface area (Å²) in [6.07, 6.45) is 14.4. The van der Waals surface area contributed by atoms with E-state index < -0.39 is 0 Å². The van der Waals surface area contributed by atoms with E-state index in [1.54, 1.807) is 0 Å². The minimum Gasteiger partial charge on any atom is -0.352 e. The fourth-order valence-corrected chi connectivity index (χ4v) is 8.07. The summed E-state index contributed by atoms with van der Waals surface area (Å²) in [5.74, 6) is 2.41. The molecule has 6 nitrogen and oxygen atoms in total. The van der Waals surface area contributed by atoms with Gasteiger partial charge in [0.25, 0.3) is 5.91 Å². The number of aryl methyl sites for hydroxylation is 1. The van der Waals surface area contributed by atoms with Crippen LogP contribution >= 0.6 is 0 Å². The van der Waals surface area contributed by atoms with Crippen LogP contribution in [0.5, 0.6) is 0 Å². The van der Waals surface area contributed by atoms with Gasteiger partial charge in [0, 0.05) is 30.9 Å². The van der Waals surface area contributed by atoms with Gasteiger partial charge in [-0.1, -0.05) is 0 Å². The first-order valence-electron chi connectivity index (χ1n) is 13.6. The number of amides is 2. The number of nitrogens with zero attached hydrogens (tertiary/aromatic N) is 1. The smallest absolute Gasteiger partial charge is 0.268 e. The fraction of sp³-hybridized carbons (Fsp3) is 0.786. The van der Waals surface area contributed by atoms with Gasteiger partial charge in [-0.3, -0.25) is 9.59 Å². The third-order valence-electron chi connectivity index (χ3n) is 9.03. The van der Waals surface area contributed by atoms with Gasteiger partial charge in [0.1, 0.15) is 5.69 Å². The molecule has 0 atom stereocenters. The van der Waals surface area contributed by atoms with Crippen LogP contribution in [0.4, 0.5) is 0 Å². The maximum Gasteiger partial charge on any atom is 0.268 e. The quantitative estimate of drug-likeness (QED) is 0.590. The van der Waals surface area contributed by atoms with Crippen molar-refractivity contribution in [3.8, 4) is 0 Å². The minimum atomic E-state index is -0.147. The standard InChI is InChI=1S/C28H44N4O2/c1-27(2,3)31-23-7-5-22(6-8-23)30-25(33)16-29-26(34)24-12-21(17-32(24)4)28-13-18-9-19(14-28)11-20(10-18)15-28/h12,17-20,22-23,31H,5-11,13-16H2,1-4H3,(H,29,34)(H,30,33). The SMILES string of the molecule is Cn1cc(C23CC4CC(CC(C4)C2)C3)cc1C(=O)NCC(=O)NC1CCC(NC(C)(C)C)CC1. The zero-order valence-corrected chi connectivity index (χ0v) is 21.6. The second kappa shape index (κ2) is 9.00. The highest BCUT2D eigenvalue weighted by atomic mass is 16.2. The largest absolute Gasteiger partial charge is 0.352 e. The summed E-state index contributed by atoms with van der Waals surface area (Å²) < 4.78 is 1.96. The van der Waals surface area contributed by atoms with Gasteiger partial charge in [-0.15, -0.1) is 0 Å². The van der Waals surface area contributed by atoms with Crippen molar-refractivity contribution in [2.24, 2.45) is 24.8 Å². The van der Waals surface area contributed by atoms with Crippen molar-refractivity contribution >= 4 is 11.8 Å². The summed E-state index contributed by atoms with van der Waals surface area (Å²) >= 11 is 0. The van der Waals surface area contributed by atoms with Gasteiger partial charge in [-0.05, 0) is 120 Å². The third kappa shape index (κ3) is 5.07. The zero-order valence-electron chi connectivity index (χ0n) is 21.6. The molecule has 1 aromatic rings. The van der Waals surface area contributed by atoms with Gasteiger partial charge >= 0.3 is 0 Å². The second-order valence-corrected chi connectivity index (χ2v) is 13.1. The number of hydrogen-bond donors (Lipinski definition) is 3. The van der Waals surface area contributed by atoms with E-state index in [0.29, 0.717) is 11.7 Å². The summed E-state index contributed by atoms with van der Waals surface area (Å²) in [5, 5.41) is 9.67. The number of aromatic nitrogens is 1. The van der Waals surface area contributed by atoms with Gasteiger partial charge < -0.3 is 20.5 Å². The van der Waals surface area contributed by atoms with Crippen LogP contribution in [0.1, 0.15) is 101 Å². The first kappa shape index (κ1) is 23.9. The fourth-order valence-electron chi connectivity index (χ4n) is 8.07. The minimum absolute atomic E-state index is 0.0386. The van der Waals surface area contributed by atoms with Crippen LogP contribution < -0.4 is 16.0 Å². The summed E-state index contributed by atoms with van der Waals surface area (Å²) in [5.41, 5.74) is 2.43. The van der Waals surface area contributed by atoms with E-state index in [4.69, 9.17) is 0 Å². The van der Waals surface area contributed by atoms with Gasteiger partial charge in [-0.2, -0.15) is 0 Å². The van der Waals surface area contributed by atoms with Gasteiger partial charge in [-0.25, -0.2) is 0 Å². The molecule has 4 bridgehead atoms. The Morgan fingerprint density at radius 2 is 1.53 bits per heavy atom. The van der Waals surface area contributed by atoms with Crippen molar-refractivity contribution in [2.75, 3.05) is 6.54 Å². The summed E-state index contributed by atoms with van der Waals surface area (Å²) in [4.78, 5) is 25.5. The topological polar surface area (TPSA) is 75.2 Å². The van der Waals surface area contributed by atoms with Crippen LogP contribution in [-0.4, -0.2) is 40.5 Å². The highest BCUT2D eigenvalue weighted by molar-refractivity contribution is 5.95. The van der Waals surface area contributed by atoms with E-state index in [0.717, 1.165) is 43.4 Å². The van der Waals surface area contributed by atoms with E-state index in [-0.39, 0.29) is 35.4 Å². The molecule has 5 fully saturated rings. The predicted molar refractivity (Wildman–Crippen MR) is 135 cm³/mol. The molecule has 3 N–H and O–H groups in total. The molecule has 0 spiro atoms. The molecule has 5 aliphatic rings. The second-order valence-electron chi connectivity index (χ2n) is 13.1. The lowest BCUT2D eigenvalue weighted by molar-refractivity contribution is -0.121. The highest BCUT2D eigenvalue weighted by Gasteiger charge is 2.52. The van der Waals surface area contributed by atoms with E-state index in [2.05, 4.69) is 49.0 Å². The molecule has 1 heterocycles. The molecule has 0 aliphatic heterocycles. The van der Waals surface area contributed by atoms with Gasteiger partial charge in [0.15, 0.2) is 0 Å². The van der Waals surface area contributed by atoms with Crippen molar-refractivity contribution in [2.45, 2.75) is 108 Å². The van der Waals surface area contributed by atoms with E-state index in [1.807, 2.05) is 11.6 Å². The Hall–Kier alpha value is -1.82. The molecule has 0 radical (unpaired) electrons.